The predicted molar refractivity (Wildman–Crippen MR) is 51.5 cm³/mol. The minimum Gasteiger partial charge on any atom is -0.336 e. The quantitative estimate of drug-likeness (QED) is 0.743. The summed E-state index contributed by atoms with van der Waals surface area (Å²) in [7, 11) is 0. The second-order valence-electron chi connectivity index (χ2n) is 2.50. The Hall–Kier alpha value is -1.06. The number of aromatic nitrogens is 2. The highest BCUT2D eigenvalue weighted by atomic mass is 35.5. The fourth-order valence-electron chi connectivity index (χ4n) is 1.09. The Labute approximate surface area is 83.7 Å². The number of carbonyl (C=O) groups excluding carboxylic acids is 1. The number of nitrogens with zero attached hydrogens (tertiary/aromatic N) is 1. The van der Waals surface area contributed by atoms with E-state index >= 15 is 0 Å². The van der Waals surface area contributed by atoms with Gasteiger partial charge in [-0.25, -0.2) is 4.98 Å². The molecule has 0 unspecified atom stereocenters. The van der Waals surface area contributed by atoms with Crippen LogP contribution in [0.1, 0.15) is 10.6 Å². The van der Waals surface area contributed by atoms with E-state index < -0.39 is 0 Å². The van der Waals surface area contributed by atoms with Crippen molar-refractivity contribution < 1.29 is 4.79 Å². The van der Waals surface area contributed by atoms with Crippen molar-refractivity contribution in [1.29, 1.82) is 0 Å². The number of rotatable bonds is 1. The molecule has 0 spiro atoms. The van der Waals surface area contributed by atoms with Crippen LogP contribution in [0.3, 0.4) is 0 Å². The summed E-state index contributed by atoms with van der Waals surface area (Å²) in [6, 6.07) is 3.38. The summed E-state index contributed by atoms with van der Waals surface area (Å²) in [5.41, 5.74) is 1.23. The lowest BCUT2D eigenvalue weighted by Crippen LogP contribution is -1.79. The number of benzene rings is 1. The molecule has 0 aliphatic heterocycles. The maximum Gasteiger partial charge on any atom is 0.185 e. The Morgan fingerprint density at radius 2 is 2.15 bits per heavy atom. The van der Waals surface area contributed by atoms with Gasteiger partial charge in [-0.15, -0.1) is 0 Å². The van der Waals surface area contributed by atoms with Crippen molar-refractivity contribution in [3.05, 3.63) is 28.0 Å². The first-order chi connectivity index (χ1) is 6.22. The number of fused-ring (bicyclic) bond motifs is 1. The lowest BCUT2D eigenvalue weighted by atomic mass is 10.3. The zero-order chi connectivity index (χ0) is 9.42. The number of carbonyl (C=O) groups is 1. The van der Waals surface area contributed by atoms with E-state index in [9.17, 15) is 4.79 Å². The molecule has 5 heteroatoms. The molecule has 2 rings (SSSR count). The van der Waals surface area contributed by atoms with E-state index in [1.807, 2.05) is 0 Å². The number of hydrogen-bond donors (Lipinski definition) is 1. The number of imidazole rings is 1. The minimum absolute atomic E-state index is 0.249. The van der Waals surface area contributed by atoms with Crippen LogP contribution in [0, 0.1) is 0 Å². The number of H-pyrrole nitrogens is 1. The molecular weight excluding hydrogens is 211 g/mol. The van der Waals surface area contributed by atoms with Gasteiger partial charge in [-0.2, -0.15) is 0 Å². The molecule has 0 aliphatic carbocycles. The van der Waals surface area contributed by atoms with Gasteiger partial charge in [0.05, 0.1) is 15.6 Å². The molecule has 2 aromatic rings. The van der Waals surface area contributed by atoms with Gasteiger partial charge < -0.3 is 4.98 Å². The van der Waals surface area contributed by atoms with Gasteiger partial charge in [0.1, 0.15) is 5.52 Å². The average molecular weight is 215 g/mol. The first-order valence-electron chi connectivity index (χ1n) is 3.51. The molecule has 0 radical (unpaired) electrons. The third-order valence-electron chi connectivity index (χ3n) is 1.68. The number of aromatic amines is 1. The number of nitrogens with one attached hydrogen (secondary N) is 1. The van der Waals surface area contributed by atoms with E-state index in [0.29, 0.717) is 27.4 Å². The third-order valence-corrected chi connectivity index (χ3v) is 2.47. The summed E-state index contributed by atoms with van der Waals surface area (Å²) in [5.74, 6) is 0.249. The highest BCUT2D eigenvalue weighted by molar-refractivity contribution is 6.44. The fourth-order valence-corrected chi connectivity index (χ4v) is 1.45. The molecule has 0 aliphatic rings. The number of hydrogen-bond acceptors (Lipinski definition) is 2. The van der Waals surface area contributed by atoms with Crippen molar-refractivity contribution in [3.8, 4) is 0 Å². The second kappa shape index (κ2) is 3.01. The Bertz CT molecular complexity index is 478. The summed E-state index contributed by atoms with van der Waals surface area (Å²) in [6.07, 6.45) is 0.629. The molecule has 1 aromatic carbocycles. The monoisotopic (exact) mass is 214 g/mol. The molecule has 3 nitrogen and oxygen atoms in total. The molecule has 1 heterocycles. The lowest BCUT2D eigenvalue weighted by Gasteiger charge is -1.93. The van der Waals surface area contributed by atoms with Gasteiger partial charge in [-0.3, -0.25) is 4.79 Å². The van der Waals surface area contributed by atoms with Gasteiger partial charge >= 0.3 is 0 Å². The van der Waals surface area contributed by atoms with Crippen LogP contribution in [0.25, 0.3) is 11.0 Å². The van der Waals surface area contributed by atoms with Gasteiger partial charge in [-0.05, 0) is 12.1 Å². The molecule has 0 saturated carbocycles. The van der Waals surface area contributed by atoms with Crippen molar-refractivity contribution in [2.45, 2.75) is 0 Å². The molecule has 13 heavy (non-hydrogen) atoms. The maximum absolute atomic E-state index is 10.4. The Balaban J connectivity index is 2.83. The van der Waals surface area contributed by atoms with E-state index in [-0.39, 0.29) is 5.82 Å². The van der Waals surface area contributed by atoms with Crippen LogP contribution in [-0.2, 0) is 0 Å². The largest absolute Gasteiger partial charge is 0.336 e. The summed E-state index contributed by atoms with van der Waals surface area (Å²) in [4.78, 5) is 17.1. The lowest BCUT2D eigenvalue weighted by molar-refractivity contribution is 0.111. The van der Waals surface area contributed by atoms with Crippen molar-refractivity contribution >= 4 is 40.5 Å². The average Bonchev–Trinajstić information content (AvgIpc) is 2.55. The SMILES string of the molecule is O=Cc1nc2c(Cl)c(Cl)ccc2[nH]1. The molecule has 0 fully saturated rings. The smallest absolute Gasteiger partial charge is 0.185 e. The predicted octanol–water partition coefficient (Wildman–Crippen LogP) is 2.68. The maximum atomic E-state index is 10.4. The van der Waals surface area contributed by atoms with E-state index in [4.69, 9.17) is 23.2 Å². The highest BCUT2D eigenvalue weighted by Gasteiger charge is 2.08. The standard InChI is InChI=1S/C8H4Cl2N2O/c9-4-1-2-5-8(7(4)10)12-6(3-13)11-5/h1-3H,(H,11,12). The van der Waals surface area contributed by atoms with E-state index in [1.165, 1.54) is 0 Å². The molecule has 0 amide bonds. The van der Waals surface area contributed by atoms with Gasteiger partial charge in [-0.1, -0.05) is 23.2 Å². The molecule has 0 atom stereocenters. The normalized spacial score (nSPS) is 10.6. The van der Waals surface area contributed by atoms with Gasteiger partial charge in [0.15, 0.2) is 12.1 Å². The third kappa shape index (κ3) is 1.30. The first-order valence-corrected chi connectivity index (χ1v) is 4.27. The Kier molecular flexibility index (Phi) is 1.98. The van der Waals surface area contributed by atoms with Gasteiger partial charge in [0.2, 0.25) is 0 Å². The van der Waals surface area contributed by atoms with Crippen LogP contribution in [-0.4, -0.2) is 16.3 Å². The van der Waals surface area contributed by atoms with Crippen molar-refractivity contribution in [1.82, 2.24) is 9.97 Å². The number of halogens is 2. The number of aldehydes is 1. The molecule has 66 valence electrons. The first kappa shape index (κ1) is 8.53. The fraction of sp³-hybridized carbons (Fsp3) is 0. The van der Waals surface area contributed by atoms with Crippen molar-refractivity contribution in [2.75, 3.05) is 0 Å². The summed E-state index contributed by atoms with van der Waals surface area (Å²) in [6.45, 7) is 0. The van der Waals surface area contributed by atoms with E-state index in [1.54, 1.807) is 12.1 Å². The molecule has 0 saturated heterocycles. The van der Waals surface area contributed by atoms with Gasteiger partial charge in [0, 0.05) is 0 Å². The Morgan fingerprint density at radius 3 is 2.85 bits per heavy atom. The van der Waals surface area contributed by atoms with Crippen LogP contribution in [0.15, 0.2) is 12.1 Å². The van der Waals surface area contributed by atoms with Crippen LogP contribution in [0.4, 0.5) is 0 Å². The Morgan fingerprint density at radius 1 is 1.38 bits per heavy atom. The molecule has 1 aromatic heterocycles. The van der Waals surface area contributed by atoms with Crippen LogP contribution in [0.5, 0.6) is 0 Å². The zero-order valence-corrected chi connectivity index (χ0v) is 7.86. The van der Waals surface area contributed by atoms with Crippen molar-refractivity contribution in [2.24, 2.45) is 0 Å². The topological polar surface area (TPSA) is 45.8 Å². The molecular formula is C8H4Cl2N2O. The van der Waals surface area contributed by atoms with Crippen LogP contribution >= 0.6 is 23.2 Å². The van der Waals surface area contributed by atoms with Crippen LogP contribution in [0.2, 0.25) is 10.0 Å². The summed E-state index contributed by atoms with van der Waals surface area (Å²) < 4.78 is 0. The highest BCUT2D eigenvalue weighted by Crippen LogP contribution is 2.28. The van der Waals surface area contributed by atoms with E-state index in [2.05, 4.69) is 9.97 Å². The zero-order valence-electron chi connectivity index (χ0n) is 6.34. The van der Waals surface area contributed by atoms with Gasteiger partial charge in [0.25, 0.3) is 0 Å². The molecule has 1 N–H and O–H groups in total. The van der Waals surface area contributed by atoms with Crippen molar-refractivity contribution in [3.63, 3.8) is 0 Å². The van der Waals surface area contributed by atoms with Crippen LogP contribution < -0.4 is 0 Å². The minimum atomic E-state index is 0.249. The summed E-state index contributed by atoms with van der Waals surface area (Å²) in [5, 5.41) is 0.793. The van der Waals surface area contributed by atoms with E-state index in [0.717, 1.165) is 0 Å². The summed E-state index contributed by atoms with van der Waals surface area (Å²) >= 11 is 11.6. The molecule has 0 bridgehead atoms. The second-order valence-corrected chi connectivity index (χ2v) is 3.28.